The predicted molar refractivity (Wildman–Crippen MR) is 94.3 cm³/mol. The van der Waals surface area contributed by atoms with Gasteiger partial charge >= 0.3 is 5.97 Å². The minimum Gasteiger partial charge on any atom is -0.495 e. The van der Waals surface area contributed by atoms with Crippen LogP contribution in [0.1, 0.15) is 17.3 Å². The van der Waals surface area contributed by atoms with E-state index in [1.165, 1.54) is 26.2 Å². The number of hydrogen-bond donors (Lipinski definition) is 2. The molecule has 0 fully saturated rings. The Morgan fingerprint density at radius 2 is 1.85 bits per heavy atom. The Bertz CT molecular complexity index is 977. The molecule has 0 aliphatic rings. The SMILES string of the molecule is COc1ccccc1NS(=O)(=O)c1cc(C(=O)O[C@H](C)C(N)=O)ccc1F. The summed E-state index contributed by atoms with van der Waals surface area (Å²) in [5.41, 5.74) is 4.84. The molecule has 0 radical (unpaired) electrons. The standard InChI is InChI=1S/C17H17FN2O6S/c1-10(16(19)21)26-17(22)11-7-8-12(18)15(9-11)27(23,24)20-13-5-3-4-6-14(13)25-2/h3-10,20H,1-2H3,(H2,19,21)/t10-/m1/s1. The van der Waals surface area contributed by atoms with Gasteiger partial charge in [0.2, 0.25) is 0 Å². The minimum absolute atomic E-state index is 0.0923. The fourth-order valence-electron chi connectivity index (χ4n) is 2.05. The normalized spacial score (nSPS) is 12.1. The van der Waals surface area contributed by atoms with Crippen molar-refractivity contribution in [3.8, 4) is 5.75 Å². The van der Waals surface area contributed by atoms with Crippen molar-refractivity contribution in [2.45, 2.75) is 17.9 Å². The Morgan fingerprint density at radius 1 is 1.19 bits per heavy atom. The lowest BCUT2D eigenvalue weighted by Crippen LogP contribution is -2.30. The average molecular weight is 396 g/mol. The molecule has 0 aliphatic carbocycles. The van der Waals surface area contributed by atoms with Crippen LogP contribution in [0.5, 0.6) is 5.75 Å². The van der Waals surface area contributed by atoms with Crippen LogP contribution in [-0.4, -0.2) is 33.5 Å². The average Bonchev–Trinajstić information content (AvgIpc) is 2.61. The fraction of sp³-hybridized carbons (Fsp3) is 0.176. The van der Waals surface area contributed by atoms with E-state index in [4.69, 9.17) is 15.2 Å². The van der Waals surface area contributed by atoms with Crippen molar-refractivity contribution in [3.63, 3.8) is 0 Å². The summed E-state index contributed by atoms with van der Waals surface area (Å²) in [6.45, 7) is 1.25. The van der Waals surface area contributed by atoms with Gasteiger partial charge in [0.25, 0.3) is 15.9 Å². The molecule has 144 valence electrons. The highest BCUT2D eigenvalue weighted by molar-refractivity contribution is 7.92. The van der Waals surface area contributed by atoms with Gasteiger partial charge < -0.3 is 15.2 Å². The second kappa shape index (κ2) is 8.04. The maximum atomic E-state index is 14.1. The quantitative estimate of drug-likeness (QED) is 0.686. The van der Waals surface area contributed by atoms with Gasteiger partial charge in [0, 0.05) is 0 Å². The fourth-order valence-corrected chi connectivity index (χ4v) is 3.23. The van der Waals surface area contributed by atoms with E-state index < -0.39 is 38.7 Å². The van der Waals surface area contributed by atoms with E-state index in [9.17, 15) is 22.4 Å². The van der Waals surface area contributed by atoms with E-state index in [2.05, 4.69) is 4.72 Å². The highest BCUT2D eigenvalue weighted by Gasteiger charge is 2.24. The Labute approximate surface area is 155 Å². The molecule has 1 amide bonds. The van der Waals surface area contributed by atoms with E-state index in [0.29, 0.717) is 0 Å². The van der Waals surface area contributed by atoms with E-state index in [0.717, 1.165) is 18.2 Å². The molecule has 0 unspecified atom stereocenters. The smallest absolute Gasteiger partial charge is 0.338 e. The third-order valence-electron chi connectivity index (χ3n) is 3.49. The Morgan fingerprint density at radius 3 is 2.48 bits per heavy atom. The van der Waals surface area contributed by atoms with Gasteiger partial charge in [-0.3, -0.25) is 9.52 Å². The highest BCUT2D eigenvalue weighted by Crippen LogP contribution is 2.27. The summed E-state index contributed by atoms with van der Waals surface area (Å²) < 4.78 is 51.3. The Kier molecular flexibility index (Phi) is 6.01. The Balaban J connectivity index is 2.36. The number of para-hydroxylation sites is 2. The molecule has 0 aliphatic heterocycles. The molecule has 0 bridgehead atoms. The summed E-state index contributed by atoms with van der Waals surface area (Å²) in [7, 11) is -3.03. The number of halogens is 1. The molecule has 0 heterocycles. The molecule has 0 spiro atoms. The number of primary amides is 1. The van der Waals surface area contributed by atoms with Crippen molar-refractivity contribution in [1.29, 1.82) is 0 Å². The lowest BCUT2D eigenvalue weighted by molar-refractivity contribution is -0.125. The molecular formula is C17H17FN2O6S. The highest BCUT2D eigenvalue weighted by atomic mass is 32.2. The summed E-state index contributed by atoms with van der Waals surface area (Å²) in [5, 5.41) is 0. The van der Waals surface area contributed by atoms with E-state index in [1.54, 1.807) is 12.1 Å². The molecule has 1 atom stereocenters. The van der Waals surface area contributed by atoms with Crippen molar-refractivity contribution in [3.05, 3.63) is 53.8 Å². The summed E-state index contributed by atoms with van der Waals surface area (Å²) >= 11 is 0. The predicted octanol–water partition coefficient (Wildman–Crippen LogP) is 1.67. The van der Waals surface area contributed by atoms with Gasteiger partial charge in [-0.15, -0.1) is 0 Å². The zero-order chi connectivity index (χ0) is 20.2. The van der Waals surface area contributed by atoms with Crippen LogP contribution < -0.4 is 15.2 Å². The number of carbonyl (C=O) groups excluding carboxylic acids is 2. The van der Waals surface area contributed by atoms with Crippen molar-refractivity contribution >= 4 is 27.6 Å². The lowest BCUT2D eigenvalue weighted by atomic mass is 10.2. The van der Waals surface area contributed by atoms with Gasteiger partial charge in [0.15, 0.2) is 6.10 Å². The number of esters is 1. The van der Waals surface area contributed by atoms with Crippen molar-refractivity contribution in [2.75, 3.05) is 11.8 Å². The number of amides is 1. The number of benzene rings is 2. The van der Waals surface area contributed by atoms with Crippen LogP contribution >= 0.6 is 0 Å². The topological polar surface area (TPSA) is 125 Å². The van der Waals surface area contributed by atoms with Crippen molar-refractivity contribution in [2.24, 2.45) is 5.73 Å². The number of hydrogen-bond acceptors (Lipinski definition) is 6. The first-order valence-corrected chi connectivity index (χ1v) is 9.09. The first-order chi connectivity index (χ1) is 12.7. The zero-order valence-corrected chi connectivity index (χ0v) is 15.2. The molecule has 27 heavy (non-hydrogen) atoms. The number of rotatable bonds is 7. The van der Waals surface area contributed by atoms with E-state index in [1.807, 2.05) is 0 Å². The zero-order valence-electron chi connectivity index (χ0n) is 14.4. The number of carbonyl (C=O) groups is 2. The van der Waals surface area contributed by atoms with Crippen LogP contribution in [0.25, 0.3) is 0 Å². The van der Waals surface area contributed by atoms with Gasteiger partial charge in [0.05, 0.1) is 18.4 Å². The number of ether oxygens (including phenoxy) is 2. The van der Waals surface area contributed by atoms with Gasteiger partial charge in [-0.25, -0.2) is 17.6 Å². The molecular weight excluding hydrogens is 379 g/mol. The number of sulfonamides is 1. The molecule has 0 saturated carbocycles. The van der Waals surface area contributed by atoms with E-state index in [-0.39, 0.29) is 17.0 Å². The molecule has 0 aromatic heterocycles. The molecule has 2 aromatic rings. The maximum Gasteiger partial charge on any atom is 0.338 e. The number of anilines is 1. The molecule has 2 rings (SSSR count). The van der Waals surface area contributed by atoms with Gasteiger partial charge in [0.1, 0.15) is 16.5 Å². The summed E-state index contributed by atoms with van der Waals surface area (Å²) in [4.78, 5) is 22.2. The summed E-state index contributed by atoms with van der Waals surface area (Å²) in [6, 6.07) is 8.80. The van der Waals surface area contributed by atoms with Crippen molar-refractivity contribution < 1.29 is 31.9 Å². The van der Waals surface area contributed by atoms with Gasteiger partial charge in [-0.1, -0.05) is 12.1 Å². The van der Waals surface area contributed by atoms with Crippen LogP contribution in [0.2, 0.25) is 0 Å². The maximum absolute atomic E-state index is 14.1. The molecule has 8 nitrogen and oxygen atoms in total. The van der Waals surface area contributed by atoms with Gasteiger partial charge in [-0.05, 0) is 37.3 Å². The minimum atomic E-state index is -4.38. The Hall–Kier alpha value is -3.14. The first kappa shape index (κ1) is 20.2. The van der Waals surface area contributed by atoms with Gasteiger partial charge in [-0.2, -0.15) is 0 Å². The van der Waals surface area contributed by atoms with E-state index >= 15 is 0 Å². The lowest BCUT2D eigenvalue weighted by Gasteiger charge is -2.13. The van der Waals surface area contributed by atoms with Crippen molar-refractivity contribution in [1.82, 2.24) is 0 Å². The molecule has 10 heteroatoms. The largest absolute Gasteiger partial charge is 0.495 e. The van der Waals surface area contributed by atoms with Crippen LogP contribution in [0, 0.1) is 5.82 Å². The second-order valence-corrected chi connectivity index (χ2v) is 7.05. The molecule has 3 N–H and O–H groups in total. The number of nitrogens with two attached hydrogens (primary N) is 1. The first-order valence-electron chi connectivity index (χ1n) is 7.61. The van der Waals surface area contributed by atoms with Crippen LogP contribution in [-0.2, 0) is 19.6 Å². The second-order valence-electron chi connectivity index (χ2n) is 5.40. The number of methoxy groups -OCH3 is 1. The molecule has 2 aromatic carbocycles. The third kappa shape index (κ3) is 4.73. The van der Waals surface area contributed by atoms with Crippen LogP contribution in [0.3, 0.4) is 0 Å². The third-order valence-corrected chi connectivity index (χ3v) is 4.87. The number of nitrogens with one attached hydrogen (secondary N) is 1. The summed E-state index contributed by atoms with van der Waals surface area (Å²) in [6.07, 6.45) is -1.23. The van der Waals surface area contributed by atoms with Crippen LogP contribution in [0.4, 0.5) is 10.1 Å². The summed E-state index contributed by atoms with van der Waals surface area (Å²) in [5.74, 6) is -2.74. The monoisotopic (exact) mass is 396 g/mol. The molecule has 0 saturated heterocycles. The van der Waals surface area contributed by atoms with Crippen LogP contribution in [0.15, 0.2) is 47.4 Å².